The highest BCUT2D eigenvalue weighted by molar-refractivity contribution is 6.07. The first kappa shape index (κ1) is 14.4. The van der Waals surface area contributed by atoms with Crippen LogP contribution in [0.25, 0.3) is 0 Å². The third-order valence-corrected chi connectivity index (χ3v) is 3.10. The van der Waals surface area contributed by atoms with Gasteiger partial charge in [-0.05, 0) is 37.3 Å². The minimum absolute atomic E-state index is 0.0249. The van der Waals surface area contributed by atoms with E-state index >= 15 is 0 Å². The first-order valence-corrected chi connectivity index (χ1v) is 6.13. The molecule has 0 saturated heterocycles. The molecule has 0 saturated carbocycles. The second-order valence-electron chi connectivity index (χ2n) is 4.51. The van der Waals surface area contributed by atoms with Crippen molar-refractivity contribution >= 4 is 23.3 Å². The monoisotopic (exact) mass is 286 g/mol. The number of anilines is 2. The molecule has 21 heavy (non-hydrogen) atoms. The quantitative estimate of drug-likeness (QED) is 0.646. The average Bonchev–Trinajstić information content (AvgIpc) is 2.43. The third-order valence-electron chi connectivity index (χ3n) is 3.10. The van der Waals surface area contributed by atoms with Crippen LogP contribution in [0, 0.1) is 6.92 Å². The van der Waals surface area contributed by atoms with E-state index in [1.54, 1.807) is 19.1 Å². The van der Waals surface area contributed by atoms with Crippen LogP contribution in [0.4, 0.5) is 11.4 Å². The Hall–Kier alpha value is -3.02. The molecule has 1 amide bonds. The number of benzene rings is 2. The summed E-state index contributed by atoms with van der Waals surface area (Å²) in [6, 6.07) is 8.67. The average molecular weight is 286 g/mol. The number of carboxylic acids is 1. The van der Waals surface area contributed by atoms with Crippen molar-refractivity contribution in [2.45, 2.75) is 6.92 Å². The number of nitrogen functional groups attached to an aromatic ring is 1. The van der Waals surface area contributed by atoms with Gasteiger partial charge in [0.1, 0.15) is 5.75 Å². The van der Waals surface area contributed by atoms with Gasteiger partial charge in [0.25, 0.3) is 5.91 Å². The van der Waals surface area contributed by atoms with E-state index in [1.807, 2.05) is 0 Å². The number of hydrogen-bond acceptors (Lipinski definition) is 4. The van der Waals surface area contributed by atoms with Crippen LogP contribution in [0.5, 0.6) is 5.75 Å². The molecule has 0 atom stereocenters. The number of phenols is 1. The smallest absolute Gasteiger partial charge is 0.335 e. The number of aromatic hydroxyl groups is 1. The maximum atomic E-state index is 12.2. The van der Waals surface area contributed by atoms with Crippen molar-refractivity contribution in [2.75, 3.05) is 11.1 Å². The van der Waals surface area contributed by atoms with Crippen molar-refractivity contribution in [1.29, 1.82) is 0 Å². The molecule has 2 rings (SSSR count). The molecule has 0 aliphatic heterocycles. The Morgan fingerprint density at radius 1 is 1.19 bits per heavy atom. The molecule has 0 bridgehead atoms. The zero-order chi connectivity index (χ0) is 15.6. The zero-order valence-electron chi connectivity index (χ0n) is 11.3. The third kappa shape index (κ3) is 2.94. The van der Waals surface area contributed by atoms with Crippen LogP contribution in [0.3, 0.4) is 0 Å². The van der Waals surface area contributed by atoms with Crippen molar-refractivity contribution in [3.63, 3.8) is 0 Å². The fraction of sp³-hybridized carbons (Fsp3) is 0.0667. The van der Waals surface area contributed by atoms with Crippen molar-refractivity contribution in [2.24, 2.45) is 0 Å². The second kappa shape index (κ2) is 5.54. The van der Waals surface area contributed by atoms with Gasteiger partial charge >= 0.3 is 5.97 Å². The van der Waals surface area contributed by atoms with Gasteiger partial charge in [-0.2, -0.15) is 0 Å². The lowest BCUT2D eigenvalue weighted by atomic mass is 10.1. The highest BCUT2D eigenvalue weighted by atomic mass is 16.4. The van der Waals surface area contributed by atoms with Crippen LogP contribution >= 0.6 is 0 Å². The number of nitrogens with two attached hydrogens (primary N) is 1. The summed E-state index contributed by atoms with van der Waals surface area (Å²) >= 11 is 0. The van der Waals surface area contributed by atoms with Crippen molar-refractivity contribution in [3.05, 3.63) is 53.1 Å². The number of phenolic OH excluding ortho intramolecular Hbond substituents is 1. The van der Waals surface area contributed by atoms with Crippen LogP contribution in [0.1, 0.15) is 26.3 Å². The summed E-state index contributed by atoms with van der Waals surface area (Å²) in [5, 5.41) is 21.0. The van der Waals surface area contributed by atoms with E-state index in [1.165, 1.54) is 24.3 Å². The standard InChI is InChI=1S/C15H14N2O4/c1-8-10(3-2-4-13(8)18)14(19)17-12-6-5-9(15(20)21)7-11(12)16/h2-7,18H,16H2,1H3,(H,17,19)(H,20,21). The lowest BCUT2D eigenvalue weighted by Gasteiger charge is -2.11. The molecule has 0 fully saturated rings. The van der Waals surface area contributed by atoms with Gasteiger partial charge in [0, 0.05) is 11.1 Å². The van der Waals surface area contributed by atoms with Gasteiger partial charge in [-0.25, -0.2) is 4.79 Å². The second-order valence-corrected chi connectivity index (χ2v) is 4.51. The van der Waals surface area contributed by atoms with E-state index in [9.17, 15) is 14.7 Å². The molecular weight excluding hydrogens is 272 g/mol. The molecule has 6 heteroatoms. The predicted octanol–water partition coefficient (Wildman–Crippen LogP) is 2.23. The van der Waals surface area contributed by atoms with Crippen molar-refractivity contribution in [1.82, 2.24) is 0 Å². The molecule has 0 aliphatic rings. The Morgan fingerprint density at radius 3 is 2.52 bits per heavy atom. The van der Waals surface area contributed by atoms with Gasteiger partial charge in [-0.1, -0.05) is 6.07 Å². The number of hydrogen-bond donors (Lipinski definition) is 4. The topological polar surface area (TPSA) is 113 Å². The van der Waals surface area contributed by atoms with Gasteiger partial charge < -0.3 is 21.3 Å². The van der Waals surface area contributed by atoms with Crippen molar-refractivity contribution in [3.8, 4) is 5.75 Å². The summed E-state index contributed by atoms with van der Waals surface area (Å²) in [6.07, 6.45) is 0. The van der Waals surface area contributed by atoms with E-state index in [2.05, 4.69) is 5.32 Å². The SMILES string of the molecule is Cc1c(O)cccc1C(=O)Nc1ccc(C(=O)O)cc1N. The maximum absolute atomic E-state index is 12.2. The fourth-order valence-electron chi connectivity index (χ4n) is 1.87. The summed E-state index contributed by atoms with van der Waals surface area (Å²) in [6.45, 7) is 1.63. The first-order valence-electron chi connectivity index (χ1n) is 6.13. The van der Waals surface area contributed by atoms with Gasteiger partial charge in [0.05, 0.1) is 16.9 Å². The summed E-state index contributed by atoms with van der Waals surface area (Å²) in [7, 11) is 0. The lowest BCUT2D eigenvalue weighted by Crippen LogP contribution is -2.15. The fourth-order valence-corrected chi connectivity index (χ4v) is 1.87. The zero-order valence-corrected chi connectivity index (χ0v) is 11.3. The summed E-state index contributed by atoms with van der Waals surface area (Å²) < 4.78 is 0. The molecule has 2 aromatic carbocycles. The van der Waals surface area contributed by atoms with Crippen LogP contribution in [0.2, 0.25) is 0 Å². The van der Waals surface area contributed by atoms with Crippen LogP contribution < -0.4 is 11.1 Å². The number of carboxylic acid groups (broad SMARTS) is 1. The largest absolute Gasteiger partial charge is 0.508 e. The maximum Gasteiger partial charge on any atom is 0.335 e. The van der Waals surface area contributed by atoms with Crippen LogP contribution in [-0.2, 0) is 0 Å². The molecule has 0 aliphatic carbocycles. The van der Waals surface area contributed by atoms with Crippen molar-refractivity contribution < 1.29 is 19.8 Å². The Balaban J connectivity index is 2.28. The summed E-state index contributed by atoms with van der Waals surface area (Å²) in [4.78, 5) is 23.0. The Morgan fingerprint density at radius 2 is 1.90 bits per heavy atom. The summed E-state index contributed by atoms with van der Waals surface area (Å²) in [5.74, 6) is -1.50. The highest BCUT2D eigenvalue weighted by Gasteiger charge is 2.13. The van der Waals surface area contributed by atoms with Gasteiger partial charge in [-0.3, -0.25) is 4.79 Å². The number of carbonyl (C=O) groups excluding carboxylic acids is 1. The van der Waals surface area contributed by atoms with Gasteiger partial charge in [0.2, 0.25) is 0 Å². The normalized spacial score (nSPS) is 10.1. The Labute approximate surface area is 120 Å². The van der Waals surface area contributed by atoms with Gasteiger partial charge in [-0.15, -0.1) is 0 Å². The summed E-state index contributed by atoms with van der Waals surface area (Å²) in [5.41, 5.74) is 7.00. The molecule has 0 spiro atoms. The van der Waals surface area contributed by atoms with Crippen LogP contribution in [0.15, 0.2) is 36.4 Å². The molecule has 0 unspecified atom stereocenters. The molecule has 0 radical (unpaired) electrons. The Kier molecular flexibility index (Phi) is 3.80. The molecule has 2 aromatic rings. The molecular formula is C15H14N2O4. The predicted molar refractivity (Wildman–Crippen MR) is 78.6 cm³/mol. The van der Waals surface area contributed by atoms with E-state index in [4.69, 9.17) is 10.8 Å². The number of amides is 1. The minimum Gasteiger partial charge on any atom is -0.508 e. The number of carbonyl (C=O) groups is 2. The highest BCUT2D eigenvalue weighted by Crippen LogP contribution is 2.23. The molecule has 6 nitrogen and oxygen atoms in total. The van der Waals surface area contributed by atoms with E-state index in [0.29, 0.717) is 16.8 Å². The molecule has 5 N–H and O–H groups in total. The number of nitrogens with one attached hydrogen (secondary N) is 1. The Bertz CT molecular complexity index is 726. The number of rotatable bonds is 3. The van der Waals surface area contributed by atoms with E-state index in [0.717, 1.165) is 0 Å². The van der Waals surface area contributed by atoms with E-state index < -0.39 is 11.9 Å². The minimum atomic E-state index is -1.09. The van der Waals surface area contributed by atoms with Crippen LogP contribution in [-0.4, -0.2) is 22.1 Å². The molecule has 0 aromatic heterocycles. The first-order chi connectivity index (χ1) is 9.90. The lowest BCUT2D eigenvalue weighted by molar-refractivity contribution is 0.0697. The van der Waals surface area contributed by atoms with Gasteiger partial charge in [0.15, 0.2) is 0 Å². The number of aromatic carboxylic acids is 1. The van der Waals surface area contributed by atoms with E-state index in [-0.39, 0.29) is 17.0 Å². The molecule has 0 heterocycles. The molecule has 108 valence electrons.